The lowest BCUT2D eigenvalue weighted by atomic mass is 9.79. The van der Waals surface area contributed by atoms with Crippen LogP contribution in [-0.4, -0.2) is 57.7 Å². The molecule has 1 aliphatic carbocycles. The van der Waals surface area contributed by atoms with E-state index in [2.05, 4.69) is 9.97 Å². The van der Waals surface area contributed by atoms with Crippen molar-refractivity contribution in [1.29, 1.82) is 0 Å². The van der Waals surface area contributed by atoms with Crippen LogP contribution in [-0.2, 0) is 47.1 Å². The number of imide groups is 1. The summed E-state index contributed by atoms with van der Waals surface area (Å²) in [6, 6.07) is 8.10. The minimum atomic E-state index is -0.838. The summed E-state index contributed by atoms with van der Waals surface area (Å²) in [4.78, 5) is 49.6. The second-order valence-electron chi connectivity index (χ2n) is 10.5. The van der Waals surface area contributed by atoms with E-state index >= 15 is 0 Å². The molecule has 0 spiro atoms. The first kappa shape index (κ1) is 26.6. The van der Waals surface area contributed by atoms with E-state index in [1.54, 1.807) is 0 Å². The Morgan fingerprint density at radius 3 is 2.32 bits per heavy atom. The standard InChI is InChI=1S/C26H30BN3O7S/c1-25(2)26(3,4)37-27(36-25)17-10-8-16(9-11-17)15-38-24-28-19-7-5-6-18(19)23(29-24)34-14-22(33)35-30-20(31)12-13-21(30)32/h8-11H,5-7,12-15H2,1-4H3. The summed E-state index contributed by atoms with van der Waals surface area (Å²) >= 11 is 1.47. The van der Waals surface area contributed by atoms with E-state index in [0.29, 0.717) is 21.9 Å². The Bertz CT molecular complexity index is 1240. The van der Waals surface area contributed by atoms with Gasteiger partial charge in [0.2, 0.25) is 5.88 Å². The SMILES string of the molecule is CC1(C)OB(c2ccc(CSc3nc4c(c(OCC(=O)ON5C(=O)CCC5=O)n3)CCC4)cc2)OC1(C)C. The molecule has 1 aromatic carbocycles. The zero-order valence-corrected chi connectivity index (χ0v) is 22.8. The third-order valence-corrected chi connectivity index (χ3v) is 8.19. The lowest BCUT2D eigenvalue weighted by Crippen LogP contribution is -2.41. The van der Waals surface area contributed by atoms with Crippen LogP contribution < -0.4 is 10.2 Å². The van der Waals surface area contributed by atoms with Crippen LogP contribution in [0.5, 0.6) is 5.88 Å². The van der Waals surface area contributed by atoms with Crippen molar-refractivity contribution in [3.05, 3.63) is 41.1 Å². The number of hydrogen-bond donors (Lipinski definition) is 0. The quantitative estimate of drug-likeness (QED) is 0.214. The summed E-state index contributed by atoms with van der Waals surface area (Å²) in [5.41, 5.74) is 3.05. The van der Waals surface area contributed by atoms with Crippen LogP contribution in [0.15, 0.2) is 29.4 Å². The van der Waals surface area contributed by atoms with Crippen molar-refractivity contribution in [3.63, 3.8) is 0 Å². The molecule has 2 fully saturated rings. The van der Waals surface area contributed by atoms with E-state index in [1.165, 1.54) is 11.8 Å². The normalized spacial score (nSPS) is 19.7. The van der Waals surface area contributed by atoms with Gasteiger partial charge >= 0.3 is 13.1 Å². The molecule has 38 heavy (non-hydrogen) atoms. The van der Waals surface area contributed by atoms with Crippen LogP contribution in [0.3, 0.4) is 0 Å². The number of thioether (sulfide) groups is 1. The van der Waals surface area contributed by atoms with Crippen molar-refractivity contribution >= 4 is 42.1 Å². The van der Waals surface area contributed by atoms with E-state index in [1.807, 2.05) is 52.0 Å². The maximum atomic E-state index is 12.2. The largest absolute Gasteiger partial charge is 0.494 e. The van der Waals surface area contributed by atoms with E-state index in [4.69, 9.17) is 18.9 Å². The number of benzene rings is 1. The van der Waals surface area contributed by atoms with Gasteiger partial charge in [-0.2, -0.15) is 4.98 Å². The van der Waals surface area contributed by atoms with Crippen molar-refractivity contribution < 1.29 is 33.3 Å². The molecule has 2 aromatic rings. The molecule has 12 heteroatoms. The molecule has 5 rings (SSSR count). The van der Waals surface area contributed by atoms with Crippen molar-refractivity contribution in [2.45, 2.75) is 81.9 Å². The minimum Gasteiger partial charge on any atom is -0.465 e. The first-order chi connectivity index (χ1) is 18.0. The van der Waals surface area contributed by atoms with E-state index in [-0.39, 0.29) is 12.8 Å². The number of aromatic nitrogens is 2. The Kier molecular flexibility index (Phi) is 7.23. The molecule has 0 unspecified atom stereocenters. The topological polar surface area (TPSA) is 117 Å². The second kappa shape index (κ2) is 10.3. The third-order valence-electron chi connectivity index (χ3n) is 7.27. The molecular weight excluding hydrogens is 509 g/mol. The van der Waals surface area contributed by atoms with Gasteiger partial charge in [0.15, 0.2) is 11.8 Å². The first-order valence-corrected chi connectivity index (χ1v) is 13.7. The van der Waals surface area contributed by atoms with Gasteiger partial charge < -0.3 is 18.9 Å². The van der Waals surface area contributed by atoms with Crippen molar-refractivity contribution in [1.82, 2.24) is 15.0 Å². The van der Waals surface area contributed by atoms with Gasteiger partial charge in [-0.3, -0.25) is 9.59 Å². The highest BCUT2D eigenvalue weighted by Gasteiger charge is 2.51. The van der Waals surface area contributed by atoms with Gasteiger partial charge in [-0.25, -0.2) is 9.78 Å². The van der Waals surface area contributed by atoms with Gasteiger partial charge in [-0.1, -0.05) is 36.0 Å². The fraction of sp³-hybridized carbons (Fsp3) is 0.500. The van der Waals surface area contributed by atoms with Crippen molar-refractivity contribution in [2.24, 2.45) is 0 Å². The van der Waals surface area contributed by atoms with Gasteiger partial charge in [0.05, 0.1) is 16.9 Å². The van der Waals surface area contributed by atoms with Crippen LogP contribution in [0.25, 0.3) is 0 Å². The predicted molar refractivity (Wildman–Crippen MR) is 138 cm³/mol. The molecule has 3 heterocycles. The zero-order valence-electron chi connectivity index (χ0n) is 21.9. The van der Waals surface area contributed by atoms with Crippen LogP contribution in [0.2, 0.25) is 0 Å². The van der Waals surface area contributed by atoms with Crippen molar-refractivity contribution in [2.75, 3.05) is 6.61 Å². The number of amides is 2. The maximum Gasteiger partial charge on any atom is 0.494 e. The summed E-state index contributed by atoms with van der Waals surface area (Å²) in [6.07, 6.45) is 2.57. The van der Waals surface area contributed by atoms with Gasteiger partial charge in [0, 0.05) is 24.2 Å². The average molecular weight is 539 g/mol. The number of rotatable bonds is 8. The Hall–Kier alpha value is -2.96. The lowest BCUT2D eigenvalue weighted by molar-refractivity contribution is -0.198. The molecule has 10 nitrogen and oxygen atoms in total. The zero-order chi connectivity index (χ0) is 27.1. The molecular formula is C26H30BN3O7S. The molecule has 0 bridgehead atoms. The Morgan fingerprint density at radius 1 is 1.00 bits per heavy atom. The number of hydrogen-bond acceptors (Lipinski definition) is 10. The maximum absolute atomic E-state index is 12.2. The van der Waals surface area contributed by atoms with Crippen LogP contribution >= 0.6 is 11.8 Å². The molecule has 2 amide bonds. The molecule has 0 atom stereocenters. The molecule has 2 saturated heterocycles. The highest BCUT2D eigenvalue weighted by molar-refractivity contribution is 7.98. The van der Waals surface area contributed by atoms with Gasteiger partial charge in [0.1, 0.15) is 0 Å². The highest BCUT2D eigenvalue weighted by Crippen LogP contribution is 2.36. The van der Waals surface area contributed by atoms with E-state index in [0.717, 1.165) is 41.5 Å². The number of aryl methyl sites for hydroxylation is 1. The number of fused-ring (bicyclic) bond motifs is 1. The number of hydroxylamine groups is 2. The number of carbonyl (C=O) groups excluding carboxylic acids is 3. The number of nitrogens with zero attached hydrogens (tertiary/aromatic N) is 3. The van der Waals surface area contributed by atoms with Crippen LogP contribution in [0.4, 0.5) is 0 Å². The van der Waals surface area contributed by atoms with E-state index in [9.17, 15) is 14.4 Å². The molecule has 2 aliphatic heterocycles. The average Bonchev–Trinajstić information content (AvgIpc) is 3.53. The smallest absolute Gasteiger partial charge is 0.465 e. The molecule has 0 radical (unpaired) electrons. The van der Waals surface area contributed by atoms with Gasteiger partial charge in [0.25, 0.3) is 11.8 Å². The number of ether oxygens (including phenoxy) is 1. The predicted octanol–water partition coefficient (Wildman–Crippen LogP) is 2.54. The molecule has 3 aliphatic rings. The Balaban J connectivity index is 1.20. The van der Waals surface area contributed by atoms with Crippen LogP contribution in [0, 0.1) is 0 Å². The van der Waals surface area contributed by atoms with Crippen molar-refractivity contribution in [3.8, 4) is 5.88 Å². The van der Waals surface area contributed by atoms with E-state index < -0.39 is 42.7 Å². The lowest BCUT2D eigenvalue weighted by Gasteiger charge is -2.32. The molecule has 1 aromatic heterocycles. The number of carbonyl (C=O) groups is 3. The molecule has 200 valence electrons. The highest BCUT2D eigenvalue weighted by atomic mass is 32.2. The third kappa shape index (κ3) is 5.43. The molecule has 0 saturated carbocycles. The van der Waals surface area contributed by atoms with Gasteiger partial charge in [-0.05, 0) is 58.0 Å². The fourth-order valence-electron chi connectivity index (χ4n) is 4.37. The summed E-state index contributed by atoms with van der Waals surface area (Å²) in [5.74, 6) is -0.927. The summed E-state index contributed by atoms with van der Waals surface area (Å²) in [7, 11) is -0.408. The Labute approximate surface area is 225 Å². The monoisotopic (exact) mass is 539 g/mol. The van der Waals surface area contributed by atoms with Gasteiger partial charge in [-0.15, -0.1) is 5.06 Å². The molecule has 0 N–H and O–H groups in total. The Morgan fingerprint density at radius 2 is 1.66 bits per heavy atom. The summed E-state index contributed by atoms with van der Waals surface area (Å²) < 4.78 is 17.9. The summed E-state index contributed by atoms with van der Waals surface area (Å²) in [5, 5.41) is 1.06. The minimum absolute atomic E-state index is 0.0359. The second-order valence-corrected chi connectivity index (χ2v) is 11.5. The fourth-order valence-corrected chi connectivity index (χ4v) is 5.18. The first-order valence-electron chi connectivity index (χ1n) is 12.7. The summed E-state index contributed by atoms with van der Waals surface area (Å²) in [6.45, 7) is 7.66. The van der Waals surface area contributed by atoms with Crippen LogP contribution in [0.1, 0.15) is 63.8 Å².